The van der Waals surface area contributed by atoms with E-state index in [4.69, 9.17) is 0 Å². The minimum Gasteiger partial charge on any atom is -0.342 e. The smallest absolute Gasteiger partial charge is 0.255 e. The van der Waals surface area contributed by atoms with Crippen LogP contribution in [-0.2, 0) is 4.79 Å². The molecule has 1 aliphatic rings. The van der Waals surface area contributed by atoms with Crippen molar-refractivity contribution in [1.82, 2.24) is 14.8 Å². The molecule has 0 aromatic carbocycles. The summed E-state index contributed by atoms with van der Waals surface area (Å²) in [5, 5.41) is 0. The number of aromatic nitrogens is 1. The van der Waals surface area contributed by atoms with Gasteiger partial charge in [0.2, 0.25) is 5.91 Å². The standard InChI is InChI=1S/C14H19N3O2S/c1-10(2)16(3)14(19)12-8-20-9-17(12)13(18)11-4-6-15-7-5-11/h4-7,10,12H,8-9H2,1-3H3. The van der Waals surface area contributed by atoms with Gasteiger partial charge in [-0.25, -0.2) is 0 Å². The van der Waals surface area contributed by atoms with Gasteiger partial charge in [-0.1, -0.05) is 0 Å². The molecule has 0 spiro atoms. The number of carbonyl (C=O) groups is 2. The zero-order valence-corrected chi connectivity index (χ0v) is 12.8. The SMILES string of the molecule is CC(C)N(C)C(=O)C1CSCN1C(=O)c1ccncc1. The molecule has 0 bridgehead atoms. The van der Waals surface area contributed by atoms with Crippen molar-refractivity contribution in [2.75, 3.05) is 18.7 Å². The number of amides is 2. The highest BCUT2D eigenvalue weighted by Gasteiger charge is 2.37. The van der Waals surface area contributed by atoms with Gasteiger partial charge in [0.1, 0.15) is 6.04 Å². The first-order valence-electron chi connectivity index (χ1n) is 6.57. The average molecular weight is 293 g/mol. The number of nitrogens with zero attached hydrogens (tertiary/aromatic N) is 3. The maximum absolute atomic E-state index is 12.5. The van der Waals surface area contributed by atoms with Crippen LogP contribution < -0.4 is 0 Å². The van der Waals surface area contributed by atoms with Crippen molar-refractivity contribution >= 4 is 23.6 Å². The Labute approximate surface area is 123 Å². The first kappa shape index (κ1) is 14.8. The molecule has 1 atom stereocenters. The van der Waals surface area contributed by atoms with Crippen molar-refractivity contribution in [2.24, 2.45) is 0 Å². The van der Waals surface area contributed by atoms with Gasteiger partial charge in [0.15, 0.2) is 0 Å². The molecule has 2 heterocycles. The summed E-state index contributed by atoms with van der Waals surface area (Å²) in [6.45, 7) is 3.93. The first-order valence-corrected chi connectivity index (χ1v) is 7.73. The molecule has 20 heavy (non-hydrogen) atoms. The third-order valence-corrected chi connectivity index (χ3v) is 4.49. The minimum absolute atomic E-state index is 0.00686. The van der Waals surface area contributed by atoms with Gasteiger partial charge in [-0.2, -0.15) is 0 Å². The number of pyridine rings is 1. The number of hydrogen-bond acceptors (Lipinski definition) is 4. The third kappa shape index (κ3) is 2.95. The lowest BCUT2D eigenvalue weighted by Crippen LogP contribution is -2.49. The van der Waals surface area contributed by atoms with Crippen molar-refractivity contribution in [3.63, 3.8) is 0 Å². The van der Waals surface area contributed by atoms with E-state index < -0.39 is 0 Å². The molecule has 1 saturated heterocycles. The fourth-order valence-corrected chi connectivity index (χ4v) is 3.14. The van der Waals surface area contributed by atoms with Gasteiger partial charge in [0.25, 0.3) is 5.91 Å². The molecule has 2 amide bonds. The summed E-state index contributed by atoms with van der Waals surface area (Å²) in [5.74, 6) is 1.12. The van der Waals surface area contributed by atoms with E-state index in [9.17, 15) is 9.59 Å². The summed E-state index contributed by atoms with van der Waals surface area (Å²) >= 11 is 1.61. The first-order chi connectivity index (χ1) is 9.52. The monoisotopic (exact) mass is 293 g/mol. The number of hydrogen-bond donors (Lipinski definition) is 0. The molecule has 0 N–H and O–H groups in total. The van der Waals surface area contributed by atoms with E-state index in [1.54, 1.807) is 53.1 Å². The molecule has 1 aromatic rings. The van der Waals surface area contributed by atoms with Crippen LogP contribution in [0.25, 0.3) is 0 Å². The Morgan fingerprint density at radius 2 is 2.05 bits per heavy atom. The topological polar surface area (TPSA) is 53.5 Å². The second-order valence-corrected chi connectivity index (χ2v) is 6.07. The van der Waals surface area contributed by atoms with E-state index in [1.165, 1.54) is 0 Å². The van der Waals surface area contributed by atoms with Crippen LogP contribution in [0, 0.1) is 0 Å². The Balaban J connectivity index is 2.15. The Kier molecular flexibility index (Phi) is 4.65. The zero-order valence-electron chi connectivity index (χ0n) is 11.9. The molecule has 0 aliphatic carbocycles. The highest BCUT2D eigenvalue weighted by atomic mass is 32.2. The Hall–Kier alpha value is -1.56. The normalized spacial score (nSPS) is 18.4. The molecule has 2 rings (SSSR count). The largest absolute Gasteiger partial charge is 0.342 e. The van der Waals surface area contributed by atoms with Crippen molar-refractivity contribution < 1.29 is 9.59 Å². The Morgan fingerprint density at radius 3 is 2.65 bits per heavy atom. The molecule has 5 nitrogen and oxygen atoms in total. The Bertz CT molecular complexity index is 492. The van der Waals surface area contributed by atoms with Crippen LogP contribution >= 0.6 is 11.8 Å². The van der Waals surface area contributed by atoms with Crippen LogP contribution in [0.1, 0.15) is 24.2 Å². The van der Waals surface area contributed by atoms with Crippen LogP contribution in [0.4, 0.5) is 0 Å². The summed E-state index contributed by atoms with van der Waals surface area (Å²) in [4.78, 5) is 32.2. The number of thioether (sulfide) groups is 1. The predicted molar refractivity (Wildman–Crippen MR) is 79.4 cm³/mol. The summed E-state index contributed by atoms with van der Waals surface area (Å²) < 4.78 is 0. The predicted octanol–water partition coefficient (Wildman–Crippen LogP) is 1.46. The average Bonchev–Trinajstić information content (AvgIpc) is 2.95. The van der Waals surface area contributed by atoms with Gasteiger partial charge in [0, 0.05) is 36.8 Å². The number of carbonyl (C=O) groups excluding carboxylic acids is 2. The quantitative estimate of drug-likeness (QED) is 0.847. The van der Waals surface area contributed by atoms with Crippen LogP contribution in [0.5, 0.6) is 0 Å². The lowest BCUT2D eigenvalue weighted by atomic mass is 10.2. The second kappa shape index (κ2) is 6.26. The van der Waals surface area contributed by atoms with Crippen molar-refractivity contribution in [3.8, 4) is 0 Å². The summed E-state index contributed by atoms with van der Waals surface area (Å²) in [6, 6.07) is 3.12. The van der Waals surface area contributed by atoms with Crippen LogP contribution in [-0.4, -0.2) is 57.4 Å². The van der Waals surface area contributed by atoms with Gasteiger partial charge in [0.05, 0.1) is 5.88 Å². The molecule has 1 unspecified atom stereocenters. The molecule has 1 aromatic heterocycles. The highest BCUT2D eigenvalue weighted by molar-refractivity contribution is 7.99. The van der Waals surface area contributed by atoms with E-state index >= 15 is 0 Å². The van der Waals surface area contributed by atoms with Crippen LogP contribution in [0.3, 0.4) is 0 Å². The van der Waals surface area contributed by atoms with Crippen LogP contribution in [0.15, 0.2) is 24.5 Å². The van der Waals surface area contributed by atoms with Gasteiger partial charge in [-0.15, -0.1) is 11.8 Å². The van der Waals surface area contributed by atoms with E-state index in [0.717, 1.165) is 0 Å². The minimum atomic E-state index is -0.368. The molecule has 108 valence electrons. The fraction of sp³-hybridized carbons (Fsp3) is 0.500. The maximum atomic E-state index is 12.5. The highest BCUT2D eigenvalue weighted by Crippen LogP contribution is 2.24. The molecule has 0 saturated carbocycles. The number of likely N-dealkylation sites (N-methyl/N-ethyl adjacent to an activating group) is 1. The van der Waals surface area contributed by atoms with Crippen molar-refractivity contribution in [2.45, 2.75) is 25.9 Å². The summed E-state index contributed by atoms with van der Waals surface area (Å²) in [5.41, 5.74) is 0.576. The van der Waals surface area contributed by atoms with Gasteiger partial charge in [-0.05, 0) is 26.0 Å². The maximum Gasteiger partial charge on any atom is 0.255 e. The molecule has 1 aliphatic heterocycles. The molecule has 0 radical (unpaired) electrons. The van der Waals surface area contributed by atoms with E-state index in [-0.39, 0.29) is 23.9 Å². The Morgan fingerprint density at radius 1 is 1.40 bits per heavy atom. The van der Waals surface area contributed by atoms with Crippen LogP contribution in [0.2, 0.25) is 0 Å². The second-order valence-electron chi connectivity index (χ2n) is 5.07. The molecular weight excluding hydrogens is 274 g/mol. The van der Waals surface area contributed by atoms with Crippen molar-refractivity contribution in [1.29, 1.82) is 0 Å². The zero-order chi connectivity index (χ0) is 14.7. The summed E-state index contributed by atoms with van der Waals surface area (Å²) in [7, 11) is 1.78. The number of rotatable bonds is 3. The molecule has 6 heteroatoms. The molecular formula is C14H19N3O2S. The van der Waals surface area contributed by atoms with E-state index in [1.807, 2.05) is 13.8 Å². The van der Waals surface area contributed by atoms with Gasteiger partial charge < -0.3 is 9.80 Å². The molecule has 1 fully saturated rings. The summed E-state index contributed by atoms with van der Waals surface area (Å²) in [6.07, 6.45) is 3.18. The third-order valence-electron chi connectivity index (χ3n) is 3.48. The van der Waals surface area contributed by atoms with Gasteiger partial charge >= 0.3 is 0 Å². The van der Waals surface area contributed by atoms with Crippen molar-refractivity contribution in [3.05, 3.63) is 30.1 Å². The van der Waals surface area contributed by atoms with Gasteiger partial charge in [-0.3, -0.25) is 14.6 Å². The fourth-order valence-electron chi connectivity index (χ4n) is 2.00. The van der Waals surface area contributed by atoms with E-state index in [2.05, 4.69) is 4.98 Å². The lowest BCUT2D eigenvalue weighted by Gasteiger charge is -2.29. The lowest BCUT2D eigenvalue weighted by molar-refractivity contribution is -0.135. The van der Waals surface area contributed by atoms with E-state index in [0.29, 0.717) is 17.2 Å².